The molecular formula is C13H16ClF2NO. The monoisotopic (exact) mass is 275 g/mol. The molecule has 0 amide bonds. The number of benzene rings is 1. The number of nitrogens with two attached hydrogens (primary N) is 1. The number of hydrogen-bond acceptors (Lipinski definition) is 2. The van der Waals surface area contributed by atoms with Gasteiger partial charge in [-0.15, -0.1) is 0 Å². The number of alkyl halides is 1. The van der Waals surface area contributed by atoms with Crippen molar-refractivity contribution in [1.82, 2.24) is 0 Å². The third-order valence-corrected chi connectivity index (χ3v) is 3.95. The number of halogens is 3. The summed E-state index contributed by atoms with van der Waals surface area (Å²) in [7, 11) is 0. The van der Waals surface area contributed by atoms with Gasteiger partial charge >= 0.3 is 0 Å². The average molecular weight is 276 g/mol. The van der Waals surface area contributed by atoms with Gasteiger partial charge in [-0.2, -0.15) is 0 Å². The standard InChI is InChI=1S/C13H16ClF2NO/c14-10-7-8(1-2-11(10)16)12(17)13(18)5-3-9(15)4-6-13/h1-2,7,9,12,18H,3-6,17H2. The molecule has 1 aliphatic carbocycles. The van der Waals surface area contributed by atoms with Gasteiger partial charge in [0.25, 0.3) is 0 Å². The quantitative estimate of drug-likeness (QED) is 0.871. The smallest absolute Gasteiger partial charge is 0.141 e. The van der Waals surface area contributed by atoms with E-state index < -0.39 is 23.6 Å². The summed E-state index contributed by atoms with van der Waals surface area (Å²) in [5.74, 6) is -0.521. The van der Waals surface area contributed by atoms with E-state index in [0.717, 1.165) is 0 Å². The first kappa shape index (κ1) is 13.7. The molecule has 1 unspecified atom stereocenters. The van der Waals surface area contributed by atoms with E-state index in [1.165, 1.54) is 18.2 Å². The predicted molar refractivity (Wildman–Crippen MR) is 66.7 cm³/mol. The Balaban J connectivity index is 2.19. The maximum Gasteiger partial charge on any atom is 0.141 e. The minimum absolute atomic E-state index is 0.0225. The summed E-state index contributed by atoms with van der Waals surface area (Å²) >= 11 is 5.69. The Hall–Kier alpha value is -0.710. The van der Waals surface area contributed by atoms with Gasteiger partial charge in [-0.25, -0.2) is 8.78 Å². The molecule has 1 aromatic rings. The van der Waals surface area contributed by atoms with Crippen LogP contribution in [0.15, 0.2) is 18.2 Å². The highest BCUT2D eigenvalue weighted by Crippen LogP contribution is 2.38. The molecule has 0 heterocycles. The molecule has 5 heteroatoms. The Morgan fingerprint density at radius 1 is 1.39 bits per heavy atom. The van der Waals surface area contributed by atoms with E-state index in [1.807, 2.05) is 0 Å². The van der Waals surface area contributed by atoms with E-state index in [4.69, 9.17) is 17.3 Å². The highest BCUT2D eigenvalue weighted by molar-refractivity contribution is 6.30. The SMILES string of the molecule is NC(c1ccc(F)c(Cl)c1)C1(O)CCC(F)CC1. The van der Waals surface area contributed by atoms with Crippen molar-refractivity contribution in [2.45, 2.75) is 43.5 Å². The second-order valence-corrected chi connectivity index (χ2v) is 5.34. The minimum Gasteiger partial charge on any atom is -0.388 e. The number of rotatable bonds is 2. The Morgan fingerprint density at radius 3 is 2.56 bits per heavy atom. The third-order valence-electron chi connectivity index (χ3n) is 3.66. The van der Waals surface area contributed by atoms with Crippen molar-refractivity contribution in [3.8, 4) is 0 Å². The molecule has 100 valence electrons. The zero-order chi connectivity index (χ0) is 13.3. The Kier molecular flexibility index (Phi) is 3.90. The van der Waals surface area contributed by atoms with Crippen molar-refractivity contribution in [3.05, 3.63) is 34.6 Å². The van der Waals surface area contributed by atoms with Gasteiger partial charge in [0, 0.05) is 0 Å². The van der Waals surface area contributed by atoms with E-state index in [1.54, 1.807) is 0 Å². The lowest BCUT2D eigenvalue weighted by atomic mass is 9.77. The summed E-state index contributed by atoms with van der Waals surface area (Å²) in [4.78, 5) is 0. The summed E-state index contributed by atoms with van der Waals surface area (Å²) in [6.07, 6.45) is 0.363. The molecular weight excluding hydrogens is 260 g/mol. The van der Waals surface area contributed by atoms with Gasteiger partial charge in [0.1, 0.15) is 12.0 Å². The van der Waals surface area contributed by atoms with E-state index in [9.17, 15) is 13.9 Å². The van der Waals surface area contributed by atoms with Crippen molar-refractivity contribution in [1.29, 1.82) is 0 Å². The van der Waals surface area contributed by atoms with E-state index in [2.05, 4.69) is 0 Å². The van der Waals surface area contributed by atoms with Crippen molar-refractivity contribution in [2.75, 3.05) is 0 Å². The lowest BCUT2D eigenvalue weighted by Gasteiger charge is -2.38. The molecule has 1 aliphatic rings. The minimum atomic E-state index is -1.14. The first-order valence-electron chi connectivity index (χ1n) is 5.99. The third kappa shape index (κ3) is 2.66. The van der Waals surface area contributed by atoms with Gasteiger partial charge in [0.05, 0.1) is 16.7 Å². The van der Waals surface area contributed by atoms with Crippen LogP contribution >= 0.6 is 11.6 Å². The van der Waals surface area contributed by atoms with Gasteiger partial charge in [0.15, 0.2) is 0 Å². The van der Waals surface area contributed by atoms with Gasteiger partial charge in [0.2, 0.25) is 0 Å². The molecule has 3 N–H and O–H groups in total. The highest BCUT2D eigenvalue weighted by atomic mass is 35.5. The molecule has 0 radical (unpaired) electrons. The van der Waals surface area contributed by atoms with Crippen LogP contribution in [0.25, 0.3) is 0 Å². The first-order valence-corrected chi connectivity index (χ1v) is 6.37. The van der Waals surface area contributed by atoms with Crippen LogP contribution in [-0.2, 0) is 0 Å². The summed E-state index contributed by atoms with van der Waals surface area (Å²) in [6.45, 7) is 0. The topological polar surface area (TPSA) is 46.2 Å². The Bertz CT molecular complexity index is 433. The van der Waals surface area contributed by atoms with Crippen LogP contribution in [0.1, 0.15) is 37.3 Å². The van der Waals surface area contributed by atoms with Gasteiger partial charge in [-0.3, -0.25) is 0 Å². The molecule has 0 aliphatic heterocycles. The van der Waals surface area contributed by atoms with Crippen LogP contribution in [-0.4, -0.2) is 16.9 Å². The predicted octanol–water partition coefficient (Wildman–Crippen LogP) is 3.12. The largest absolute Gasteiger partial charge is 0.388 e. The zero-order valence-corrected chi connectivity index (χ0v) is 10.6. The van der Waals surface area contributed by atoms with E-state index in [0.29, 0.717) is 31.2 Å². The lowest BCUT2D eigenvalue weighted by molar-refractivity contribution is -0.0364. The maximum atomic E-state index is 13.1. The van der Waals surface area contributed by atoms with Crippen LogP contribution in [0, 0.1) is 5.82 Å². The summed E-state index contributed by atoms with van der Waals surface area (Å²) in [6, 6.07) is 3.47. The van der Waals surface area contributed by atoms with Gasteiger partial charge in [-0.05, 0) is 43.4 Å². The molecule has 2 nitrogen and oxygen atoms in total. The lowest BCUT2D eigenvalue weighted by Crippen LogP contribution is -2.44. The van der Waals surface area contributed by atoms with Crippen molar-refractivity contribution in [2.24, 2.45) is 5.73 Å². The first-order chi connectivity index (χ1) is 8.42. The fraction of sp³-hybridized carbons (Fsp3) is 0.538. The molecule has 18 heavy (non-hydrogen) atoms. The molecule has 1 fully saturated rings. The van der Waals surface area contributed by atoms with Gasteiger partial charge in [-0.1, -0.05) is 17.7 Å². The van der Waals surface area contributed by atoms with Crippen molar-refractivity contribution < 1.29 is 13.9 Å². The van der Waals surface area contributed by atoms with E-state index in [-0.39, 0.29) is 5.02 Å². The zero-order valence-electron chi connectivity index (χ0n) is 9.87. The van der Waals surface area contributed by atoms with E-state index >= 15 is 0 Å². The Morgan fingerprint density at radius 2 is 2.00 bits per heavy atom. The molecule has 0 aromatic heterocycles. The summed E-state index contributed by atoms with van der Waals surface area (Å²) < 4.78 is 26.2. The maximum absolute atomic E-state index is 13.1. The molecule has 0 saturated heterocycles. The average Bonchev–Trinajstić information content (AvgIpc) is 2.36. The molecule has 0 spiro atoms. The summed E-state index contributed by atoms with van der Waals surface area (Å²) in [5.41, 5.74) is 5.45. The van der Waals surface area contributed by atoms with Crippen LogP contribution in [0.2, 0.25) is 5.02 Å². The van der Waals surface area contributed by atoms with Crippen molar-refractivity contribution >= 4 is 11.6 Å². The molecule has 1 aromatic carbocycles. The van der Waals surface area contributed by atoms with Crippen LogP contribution in [0.4, 0.5) is 8.78 Å². The molecule has 1 saturated carbocycles. The summed E-state index contributed by atoms with van der Waals surface area (Å²) in [5, 5.41) is 10.4. The highest BCUT2D eigenvalue weighted by Gasteiger charge is 2.39. The van der Waals surface area contributed by atoms with Gasteiger partial charge < -0.3 is 10.8 Å². The van der Waals surface area contributed by atoms with Crippen molar-refractivity contribution in [3.63, 3.8) is 0 Å². The second-order valence-electron chi connectivity index (χ2n) is 4.93. The second kappa shape index (κ2) is 5.11. The van der Waals surface area contributed by atoms with Crippen LogP contribution < -0.4 is 5.73 Å². The molecule has 1 atom stereocenters. The Labute approximate surface area is 110 Å². The van der Waals surface area contributed by atoms with Crippen LogP contribution in [0.3, 0.4) is 0 Å². The fourth-order valence-electron chi connectivity index (χ4n) is 2.41. The fourth-order valence-corrected chi connectivity index (χ4v) is 2.60. The number of hydrogen-bond donors (Lipinski definition) is 2. The molecule has 2 rings (SSSR count). The molecule has 0 bridgehead atoms. The number of aliphatic hydroxyl groups is 1. The van der Waals surface area contributed by atoms with Crippen LogP contribution in [0.5, 0.6) is 0 Å². The normalized spacial score (nSPS) is 30.2.